The maximum atomic E-state index is 4.82. The van der Waals surface area contributed by atoms with Crippen LogP contribution < -0.4 is 19.6 Å². The van der Waals surface area contributed by atoms with Crippen LogP contribution in [-0.4, -0.2) is 14.1 Å². The van der Waals surface area contributed by atoms with Gasteiger partial charge in [0.25, 0.3) is 0 Å². The smallest absolute Gasteiger partial charge is 0.0699 e. The van der Waals surface area contributed by atoms with Crippen LogP contribution in [0.5, 0.6) is 0 Å². The van der Waals surface area contributed by atoms with E-state index in [0.29, 0.717) is 0 Å². The van der Waals surface area contributed by atoms with Crippen LogP contribution in [0.2, 0.25) is 0 Å². The second kappa shape index (κ2) is 17.0. The molecule has 64 heavy (non-hydrogen) atoms. The van der Waals surface area contributed by atoms with Crippen molar-refractivity contribution in [3.8, 4) is 0 Å². The Hall–Kier alpha value is -8.08. The predicted octanol–water partition coefficient (Wildman–Crippen LogP) is 16.7. The first-order chi connectivity index (χ1) is 31.4. The van der Waals surface area contributed by atoms with Crippen LogP contribution in [-0.2, 0) is 0 Å². The maximum absolute atomic E-state index is 4.82. The van der Waals surface area contributed by atoms with Crippen molar-refractivity contribution in [2.75, 3.05) is 33.7 Å². The summed E-state index contributed by atoms with van der Waals surface area (Å²) in [5, 5.41) is 2.19. The van der Waals surface area contributed by atoms with Gasteiger partial charge in [-0.1, -0.05) is 158 Å². The SMILES string of the molecule is C=C(/C=C\c1ccccc1)c1ccccc(N2c3ccccc3N(C)c3ccccc32)cc(/C(C)=C/c2ccccc2C)c2cccc(N3c4ccccc4N(C)c4ccccc43)c12. The van der Waals surface area contributed by atoms with E-state index >= 15 is 0 Å². The monoisotopic (exact) mass is 826 g/mol. The van der Waals surface area contributed by atoms with E-state index < -0.39 is 0 Å². The Morgan fingerprint density at radius 1 is 0.453 bits per heavy atom. The summed E-state index contributed by atoms with van der Waals surface area (Å²) in [6, 6.07) is 71.9. The second-order valence-corrected chi connectivity index (χ2v) is 16.5. The average molecular weight is 827 g/mol. The summed E-state index contributed by atoms with van der Waals surface area (Å²) in [7, 11) is 4.32. The fourth-order valence-electron chi connectivity index (χ4n) is 9.34. The van der Waals surface area contributed by atoms with Crippen LogP contribution in [0.15, 0.2) is 213 Å². The lowest BCUT2D eigenvalue weighted by atomic mass is 9.92. The Balaban J connectivity index is 1.35. The maximum Gasteiger partial charge on any atom is 0.0699 e. The summed E-state index contributed by atoms with van der Waals surface area (Å²) >= 11 is 0. The van der Waals surface area contributed by atoms with E-state index in [2.05, 4.69) is 266 Å². The molecule has 2 heterocycles. The lowest BCUT2D eigenvalue weighted by molar-refractivity contribution is 1.13. The number of allylic oxidation sites excluding steroid dienone is 3. The number of aryl methyl sites for hydroxylation is 1. The normalized spacial score (nSPS) is 13.0. The van der Waals surface area contributed by atoms with E-state index in [0.717, 1.165) is 95.5 Å². The highest BCUT2D eigenvalue weighted by Crippen LogP contribution is 2.54. The molecule has 2 aliphatic rings. The zero-order valence-electron chi connectivity index (χ0n) is 36.8. The Morgan fingerprint density at radius 2 is 0.922 bits per heavy atom. The third kappa shape index (κ3) is 7.19. The highest BCUT2D eigenvalue weighted by molar-refractivity contribution is 6.12. The van der Waals surface area contributed by atoms with Crippen LogP contribution in [0.4, 0.5) is 56.9 Å². The van der Waals surface area contributed by atoms with Gasteiger partial charge >= 0.3 is 0 Å². The van der Waals surface area contributed by atoms with Crippen molar-refractivity contribution in [1.82, 2.24) is 0 Å². The summed E-state index contributed by atoms with van der Waals surface area (Å²) in [5.74, 6) is 0. The molecule has 0 unspecified atom stereocenters. The van der Waals surface area contributed by atoms with Gasteiger partial charge in [0.1, 0.15) is 0 Å². The van der Waals surface area contributed by atoms with Gasteiger partial charge in [-0.2, -0.15) is 0 Å². The number of nitrogens with zero attached hydrogens (tertiary/aromatic N) is 4. The Kier molecular flexibility index (Phi) is 10.6. The van der Waals surface area contributed by atoms with Crippen molar-refractivity contribution in [1.29, 1.82) is 0 Å². The molecule has 4 nitrogen and oxygen atoms in total. The van der Waals surface area contributed by atoms with Gasteiger partial charge in [0.05, 0.1) is 51.2 Å². The van der Waals surface area contributed by atoms with Crippen molar-refractivity contribution in [3.05, 3.63) is 241 Å². The highest BCUT2D eigenvalue weighted by atomic mass is 15.3. The molecular weight excluding hydrogens is 777 g/mol. The summed E-state index contributed by atoms with van der Waals surface area (Å²) in [5.41, 5.74) is 18.8. The summed E-state index contributed by atoms with van der Waals surface area (Å²) < 4.78 is 0. The van der Waals surface area contributed by atoms with Crippen LogP contribution in [0.3, 0.4) is 0 Å². The highest BCUT2D eigenvalue weighted by Gasteiger charge is 2.30. The zero-order chi connectivity index (χ0) is 43.7. The molecule has 8 aromatic carbocycles. The topological polar surface area (TPSA) is 13.0 Å². The molecule has 0 amide bonds. The number of hydrogen-bond acceptors (Lipinski definition) is 4. The van der Waals surface area contributed by atoms with Crippen molar-refractivity contribution >= 4 is 90.9 Å². The van der Waals surface area contributed by atoms with E-state index in [9.17, 15) is 0 Å². The van der Waals surface area contributed by atoms with E-state index in [-0.39, 0.29) is 0 Å². The molecular formula is C60H50N4. The molecule has 0 aromatic heterocycles. The Bertz CT molecular complexity index is 3120. The molecule has 8 aromatic rings. The summed E-state index contributed by atoms with van der Waals surface area (Å²) in [4.78, 5) is 9.46. The molecule has 0 bridgehead atoms. The van der Waals surface area contributed by atoms with Crippen LogP contribution in [0.1, 0.15) is 34.7 Å². The first kappa shape index (κ1) is 40.0. The van der Waals surface area contributed by atoms with Gasteiger partial charge in [0.2, 0.25) is 0 Å². The molecule has 0 N–H and O–H groups in total. The van der Waals surface area contributed by atoms with Crippen molar-refractivity contribution < 1.29 is 0 Å². The van der Waals surface area contributed by atoms with Crippen LogP contribution in [0, 0.1) is 6.92 Å². The standard InChI is InChI=1S/C60H50N4/c1-42-22-9-10-25-46(42)40-44(3)50-41-47(63-55-33-17-13-29-51(55)61(4)52-30-14-18-34-56(52)63)26-11-12-27-48(43(2)38-39-45-23-7-6-8-24-45)60-49(50)28-21-37-59(60)64-57-35-19-15-31-53(57)62(5)54-32-16-20-36-58(54)64/h6-41H,2H2,1,3-5H3/b12-11?,26-11?,27-12?,39-38-,44-40+,47-26?,47-41?,48-27?,50-41?,50-49?,60-48?. The third-order valence-electron chi connectivity index (χ3n) is 12.6. The Labute approximate surface area is 377 Å². The van der Waals surface area contributed by atoms with Crippen molar-refractivity contribution in [2.45, 2.75) is 13.8 Å². The summed E-state index contributed by atoms with van der Waals surface area (Å²) in [6.45, 7) is 9.27. The van der Waals surface area contributed by atoms with E-state index in [1.54, 1.807) is 0 Å². The van der Waals surface area contributed by atoms with Crippen LogP contribution in [0.25, 0.3) is 34.1 Å². The fraction of sp³-hybridized carbons (Fsp3) is 0.0667. The molecule has 0 saturated heterocycles. The van der Waals surface area contributed by atoms with Crippen molar-refractivity contribution in [2.24, 2.45) is 0 Å². The minimum absolute atomic E-state index is 0.907. The minimum Gasteiger partial charge on any atom is -0.341 e. The molecule has 4 heteroatoms. The largest absolute Gasteiger partial charge is 0.341 e. The number of fused-ring (bicyclic) bond motifs is 5. The average Bonchev–Trinajstić information content (AvgIpc) is 3.33. The molecule has 0 atom stereocenters. The van der Waals surface area contributed by atoms with E-state index in [4.69, 9.17) is 6.58 Å². The molecule has 0 saturated carbocycles. The van der Waals surface area contributed by atoms with Crippen molar-refractivity contribution in [3.63, 3.8) is 0 Å². The molecule has 310 valence electrons. The first-order valence-corrected chi connectivity index (χ1v) is 21.9. The lowest BCUT2D eigenvalue weighted by Gasteiger charge is -2.39. The molecule has 0 spiro atoms. The number of anilines is 10. The van der Waals surface area contributed by atoms with Gasteiger partial charge in [-0.05, 0) is 125 Å². The van der Waals surface area contributed by atoms with Gasteiger partial charge in [-0.3, -0.25) is 0 Å². The number of hydrogen-bond donors (Lipinski definition) is 0. The van der Waals surface area contributed by atoms with Gasteiger partial charge in [-0.15, -0.1) is 0 Å². The number of benzene rings is 7. The molecule has 2 aliphatic heterocycles. The first-order valence-electron chi connectivity index (χ1n) is 21.9. The molecule has 0 radical (unpaired) electrons. The number of para-hydroxylation sites is 8. The van der Waals surface area contributed by atoms with Gasteiger partial charge in [-0.25, -0.2) is 0 Å². The van der Waals surface area contributed by atoms with Gasteiger partial charge in [0.15, 0.2) is 0 Å². The fourth-order valence-corrected chi connectivity index (χ4v) is 9.34. The second-order valence-electron chi connectivity index (χ2n) is 16.5. The zero-order valence-corrected chi connectivity index (χ0v) is 36.8. The molecule has 0 aliphatic carbocycles. The summed E-state index contributed by atoms with van der Waals surface area (Å²) in [6.07, 6.45) is 6.66. The minimum atomic E-state index is 0.907. The molecule has 10 rings (SSSR count). The number of rotatable bonds is 7. The third-order valence-corrected chi connectivity index (χ3v) is 12.6. The van der Waals surface area contributed by atoms with Crippen LogP contribution >= 0.6 is 0 Å². The Morgan fingerprint density at radius 3 is 1.50 bits per heavy atom. The van der Waals surface area contributed by atoms with E-state index in [1.807, 2.05) is 0 Å². The van der Waals surface area contributed by atoms with Gasteiger partial charge < -0.3 is 19.6 Å². The predicted molar refractivity (Wildman–Crippen MR) is 276 cm³/mol. The lowest BCUT2D eigenvalue weighted by Crippen LogP contribution is -2.24. The quantitative estimate of drug-likeness (QED) is 0.148. The molecule has 0 fully saturated rings. The van der Waals surface area contributed by atoms with E-state index in [1.165, 1.54) is 11.1 Å². The van der Waals surface area contributed by atoms with Gasteiger partial charge in [0, 0.05) is 25.2 Å².